The highest BCUT2D eigenvalue weighted by molar-refractivity contribution is 5.99. The maximum atomic E-state index is 12.7. The van der Waals surface area contributed by atoms with E-state index in [1.807, 2.05) is 0 Å². The van der Waals surface area contributed by atoms with Gasteiger partial charge in [0.05, 0.1) is 11.8 Å². The van der Waals surface area contributed by atoms with Crippen molar-refractivity contribution in [3.05, 3.63) is 65.0 Å². The van der Waals surface area contributed by atoms with Crippen LogP contribution in [0.3, 0.4) is 0 Å². The van der Waals surface area contributed by atoms with Crippen LogP contribution < -0.4 is 0 Å². The topological polar surface area (TPSA) is 85.5 Å². The molecule has 1 aromatic carbocycles. The first-order valence-electron chi connectivity index (χ1n) is 7.85. The molecule has 0 fully saturated rings. The van der Waals surface area contributed by atoms with Crippen LogP contribution in [0, 0.1) is 0 Å². The first-order valence-corrected chi connectivity index (χ1v) is 7.85. The third-order valence-electron chi connectivity index (χ3n) is 4.14. The number of halogens is 3. The van der Waals surface area contributed by atoms with Gasteiger partial charge in [-0.2, -0.15) is 23.1 Å². The number of carbonyl (C=O) groups is 1. The summed E-state index contributed by atoms with van der Waals surface area (Å²) in [4.78, 5) is 20.0. The Bertz CT molecular complexity index is 999. The van der Waals surface area contributed by atoms with Crippen molar-refractivity contribution in [3.8, 4) is 17.5 Å². The minimum atomic E-state index is -4.43. The Hall–Kier alpha value is -3.36. The molecule has 0 aliphatic carbocycles. The van der Waals surface area contributed by atoms with E-state index in [0.717, 1.165) is 12.1 Å². The third kappa shape index (κ3) is 3.12. The maximum Gasteiger partial charge on any atom is 0.416 e. The van der Waals surface area contributed by atoms with Gasteiger partial charge in [-0.25, -0.2) is 4.79 Å². The number of cyclic esters (lactones) is 1. The largest absolute Gasteiger partial charge is 0.479 e. The van der Waals surface area contributed by atoms with Gasteiger partial charge in [-0.15, -0.1) is 0 Å². The summed E-state index contributed by atoms with van der Waals surface area (Å²) in [5.41, 5.74) is 0.0855. The van der Waals surface area contributed by atoms with E-state index in [1.165, 1.54) is 18.4 Å². The summed E-state index contributed by atoms with van der Waals surface area (Å²) in [6.07, 6.45) is -3.79. The van der Waals surface area contributed by atoms with E-state index in [1.54, 1.807) is 12.1 Å². The van der Waals surface area contributed by atoms with Crippen molar-refractivity contribution in [2.24, 2.45) is 0 Å². The highest BCUT2D eigenvalue weighted by atomic mass is 19.4. The lowest BCUT2D eigenvalue weighted by Gasteiger charge is -2.11. The second-order valence-electron chi connectivity index (χ2n) is 5.90. The number of furan rings is 1. The predicted molar refractivity (Wildman–Crippen MR) is 84.7 cm³/mol. The van der Waals surface area contributed by atoms with E-state index in [0.29, 0.717) is 5.56 Å². The molecule has 0 saturated carbocycles. The molecule has 27 heavy (non-hydrogen) atoms. The number of esters is 1. The number of nitrogens with zero attached hydrogens (tertiary/aromatic N) is 2. The molecule has 3 aromatic rings. The molecular weight excluding hydrogens is 365 g/mol. The van der Waals surface area contributed by atoms with Crippen molar-refractivity contribution in [3.63, 3.8) is 0 Å². The van der Waals surface area contributed by atoms with Gasteiger partial charge in [0.15, 0.2) is 5.76 Å². The Morgan fingerprint density at radius 2 is 1.85 bits per heavy atom. The number of hydrogen-bond acceptors (Lipinski definition) is 6. The number of carbonyl (C=O) groups excluding carboxylic acids is 1. The average Bonchev–Trinajstić information content (AvgIpc) is 3.23. The summed E-state index contributed by atoms with van der Waals surface area (Å²) in [5.74, 6) is -0.426. The zero-order valence-corrected chi connectivity index (χ0v) is 13.5. The van der Waals surface area contributed by atoms with Crippen molar-refractivity contribution in [1.82, 2.24) is 9.97 Å². The summed E-state index contributed by atoms with van der Waals surface area (Å²) in [6, 6.07) is 7.14. The summed E-state index contributed by atoms with van der Waals surface area (Å²) in [6.45, 7) is 0. The van der Waals surface area contributed by atoms with Crippen LogP contribution in [0.25, 0.3) is 11.5 Å². The minimum absolute atomic E-state index is 0.0691. The van der Waals surface area contributed by atoms with Crippen LogP contribution in [0.4, 0.5) is 13.2 Å². The minimum Gasteiger partial charge on any atom is -0.479 e. The van der Waals surface area contributed by atoms with Crippen LogP contribution >= 0.6 is 0 Å². The van der Waals surface area contributed by atoms with E-state index < -0.39 is 29.8 Å². The number of hydrogen-bond donors (Lipinski definition) is 1. The Morgan fingerprint density at radius 3 is 2.48 bits per heavy atom. The molecule has 138 valence electrons. The van der Waals surface area contributed by atoms with E-state index >= 15 is 0 Å². The van der Waals surface area contributed by atoms with Gasteiger partial charge in [0, 0.05) is 6.42 Å². The van der Waals surface area contributed by atoms with Crippen molar-refractivity contribution < 1.29 is 32.2 Å². The summed E-state index contributed by atoms with van der Waals surface area (Å²) < 4.78 is 48.6. The normalized spacial score (nSPS) is 16.3. The lowest BCUT2D eigenvalue weighted by Crippen LogP contribution is -2.07. The molecule has 1 N–H and O–H groups in total. The van der Waals surface area contributed by atoms with Gasteiger partial charge in [0.25, 0.3) is 0 Å². The molecule has 1 aliphatic rings. The monoisotopic (exact) mass is 376 g/mol. The Labute approximate surface area is 150 Å². The van der Waals surface area contributed by atoms with Crippen molar-refractivity contribution >= 4 is 5.97 Å². The number of benzene rings is 1. The number of alkyl halides is 3. The molecule has 0 amide bonds. The molecule has 1 atom stereocenters. The SMILES string of the molecule is O=C1OC(Cc2ccc(C(F)(F)F)cc2)c2nc(O)nc(-c3ccco3)c21. The molecule has 0 saturated heterocycles. The van der Waals surface area contributed by atoms with E-state index in [9.17, 15) is 23.1 Å². The summed E-state index contributed by atoms with van der Waals surface area (Å²) in [7, 11) is 0. The van der Waals surface area contributed by atoms with Gasteiger partial charge in [-0.3, -0.25) is 0 Å². The number of fused-ring (bicyclic) bond motifs is 1. The zero-order valence-electron chi connectivity index (χ0n) is 13.5. The number of aromatic nitrogens is 2. The fourth-order valence-electron chi connectivity index (χ4n) is 2.92. The Balaban J connectivity index is 1.68. The molecule has 0 spiro atoms. The maximum absolute atomic E-state index is 12.7. The smallest absolute Gasteiger partial charge is 0.416 e. The van der Waals surface area contributed by atoms with Crippen molar-refractivity contribution in [1.29, 1.82) is 0 Å². The molecule has 3 heterocycles. The summed E-state index contributed by atoms with van der Waals surface area (Å²) >= 11 is 0. The molecule has 0 radical (unpaired) electrons. The Kier molecular flexibility index (Phi) is 3.87. The molecule has 0 bridgehead atoms. The molecular formula is C18H11F3N2O4. The standard InChI is InChI=1S/C18H11F3N2O4/c19-18(20,21)10-5-3-9(4-6-10)8-12-15-13(16(24)27-12)14(22-17(25)23-15)11-2-1-7-26-11/h1-7,12H,8H2,(H,22,23,25). The molecule has 6 nitrogen and oxygen atoms in total. The molecule has 9 heteroatoms. The third-order valence-corrected chi connectivity index (χ3v) is 4.14. The fraction of sp³-hybridized carbons (Fsp3) is 0.167. The van der Waals surface area contributed by atoms with E-state index in [4.69, 9.17) is 9.15 Å². The first kappa shape index (κ1) is 17.1. The van der Waals surface area contributed by atoms with Crippen LogP contribution in [-0.2, 0) is 17.3 Å². The predicted octanol–water partition coefficient (Wildman–Crippen LogP) is 3.92. The van der Waals surface area contributed by atoms with Crippen molar-refractivity contribution in [2.75, 3.05) is 0 Å². The zero-order chi connectivity index (χ0) is 19.2. The van der Waals surface area contributed by atoms with Crippen LogP contribution in [0.5, 0.6) is 6.01 Å². The average molecular weight is 376 g/mol. The van der Waals surface area contributed by atoms with Gasteiger partial charge in [0.2, 0.25) is 0 Å². The molecule has 1 unspecified atom stereocenters. The number of ether oxygens (including phenoxy) is 1. The van der Waals surface area contributed by atoms with Crippen LogP contribution in [0.1, 0.15) is 33.3 Å². The van der Waals surface area contributed by atoms with Gasteiger partial charge in [0.1, 0.15) is 23.1 Å². The van der Waals surface area contributed by atoms with Gasteiger partial charge >= 0.3 is 18.2 Å². The fourth-order valence-corrected chi connectivity index (χ4v) is 2.92. The van der Waals surface area contributed by atoms with Crippen LogP contribution in [0.15, 0.2) is 47.1 Å². The first-order chi connectivity index (χ1) is 12.8. The van der Waals surface area contributed by atoms with Crippen LogP contribution in [0.2, 0.25) is 0 Å². The number of aromatic hydroxyl groups is 1. The van der Waals surface area contributed by atoms with Crippen molar-refractivity contribution in [2.45, 2.75) is 18.7 Å². The molecule has 2 aromatic heterocycles. The lowest BCUT2D eigenvalue weighted by atomic mass is 10.0. The second-order valence-corrected chi connectivity index (χ2v) is 5.90. The highest BCUT2D eigenvalue weighted by Gasteiger charge is 2.38. The van der Waals surface area contributed by atoms with Crippen LogP contribution in [-0.4, -0.2) is 21.0 Å². The second kappa shape index (κ2) is 6.11. The van der Waals surface area contributed by atoms with E-state index in [2.05, 4.69) is 9.97 Å². The summed E-state index contributed by atoms with van der Waals surface area (Å²) in [5, 5.41) is 9.82. The van der Waals surface area contributed by atoms with Gasteiger partial charge in [-0.05, 0) is 29.8 Å². The quantitative estimate of drug-likeness (QED) is 0.698. The number of rotatable bonds is 3. The lowest BCUT2D eigenvalue weighted by molar-refractivity contribution is -0.137. The Morgan fingerprint density at radius 1 is 1.11 bits per heavy atom. The molecule has 1 aliphatic heterocycles. The van der Waals surface area contributed by atoms with E-state index in [-0.39, 0.29) is 29.1 Å². The molecule has 4 rings (SSSR count). The highest BCUT2D eigenvalue weighted by Crippen LogP contribution is 2.38. The van der Waals surface area contributed by atoms with Gasteiger partial charge < -0.3 is 14.3 Å². The van der Waals surface area contributed by atoms with Gasteiger partial charge in [-0.1, -0.05) is 12.1 Å².